The minimum atomic E-state index is -3.28. The Morgan fingerprint density at radius 2 is 1.28 bits per heavy atom. The van der Waals surface area contributed by atoms with Crippen LogP contribution in [-0.4, -0.2) is 97.8 Å². The molecular formula is C40H66F2N2O8S. The van der Waals surface area contributed by atoms with E-state index in [4.69, 9.17) is 19.7 Å². The quantitative estimate of drug-likeness (QED) is 0.119. The van der Waals surface area contributed by atoms with Crippen molar-refractivity contribution in [3.63, 3.8) is 0 Å². The number of nitrogens with zero attached hydrogens (tertiary/aromatic N) is 1. The van der Waals surface area contributed by atoms with Crippen LogP contribution in [0.4, 0.5) is 8.78 Å². The predicted molar refractivity (Wildman–Crippen MR) is 209 cm³/mol. The first-order valence-corrected chi connectivity index (χ1v) is 19.5. The van der Waals surface area contributed by atoms with Gasteiger partial charge in [0.15, 0.2) is 0 Å². The number of halogens is 2. The highest BCUT2D eigenvalue weighted by molar-refractivity contribution is 7.86. The first kappa shape index (κ1) is 49.9. The second-order valence-electron chi connectivity index (χ2n) is 16.5. The molecule has 53 heavy (non-hydrogen) atoms. The number of carbonyl (C=O) groups is 1. The van der Waals surface area contributed by atoms with Crippen LogP contribution in [0.3, 0.4) is 0 Å². The van der Waals surface area contributed by atoms with Gasteiger partial charge in [0, 0.05) is 42.1 Å². The molecule has 3 rings (SSSR count). The highest BCUT2D eigenvalue weighted by atomic mass is 32.2. The van der Waals surface area contributed by atoms with Crippen molar-refractivity contribution in [1.82, 2.24) is 10.2 Å². The zero-order chi connectivity index (χ0) is 41.4. The van der Waals surface area contributed by atoms with E-state index in [0.717, 1.165) is 23.1 Å². The molecule has 1 fully saturated rings. The van der Waals surface area contributed by atoms with Crippen LogP contribution in [0.1, 0.15) is 94.2 Å². The van der Waals surface area contributed by atoms with Gasteiger partial charge in [-0.2, -0.15) is 8.42 Å². The highest BCUT2D eigenvalue weighted by Gasteiger charge is 2.29. The molecule has 0 spiro atoms. The van der Waals surface area contributed by atoms with Gasteiger partial charge in [0.2, 0.25) is 5.91 Å². The van der Waals surface area contributed by atoms with Crippen LogP contribution in [-0.2, 0) is 24.5 Å². The Labute approximate surface area is 318 Å². The number of carbonyl (C=O) groups excluding carboxylic acids is 1. The molecule has 2 atom stereocenters. The third kappa shape index (κ3) is 24.0. The topological polar surface area (TPSA) is 134 Å². The van der Waals surface area contributed by atoms with Gasteiger partial charge in [0.25, 0.3) is 16.5 Å². The van der Waals surface area contributed by atoms with Gasteiger partial charge in [-0.15, -0.1) is 0 Å². The highest BCUT2D eigenvalue weighted by Crippen LogP contribution is 2.33. The number of hydrogen-bond donors (Lipinski definition) is 3. The summed E-state index contributed by atoms with van der Waals surface area (Å²) >= 11 is 0. The normalized spacial score (nSPS) is 14.5. The van der Waals surface area contributed by atoms with Crippen molar-refractivity contribution in [3.05, 3.63) is 72.3 Å². The number of alkyl halides is 2. The monoisotopic (exact) mass is 772 g/mol. The fraction of sp³-hybridized carbons (Fsp3) is 0.625. The number of rotatable bonds is 12. The Balaban J connectivity index is 0.000000871. The minimum Gasteiger partial charge on any atom is -0.493 e. The van der Waals surface area contributed by atoms with E-state index in [1.165, 1.54) is 19.2 Å². The zero-order valence-electron chi connectivity index (χ0n) is 34.1. The van der Waals surface area contributed by atoms with Gasteiger partial charge >= 0.3 is 0 Å². The molecule has 1 aliphatic heterocycles. The SMILES string of the molecule is C=CC(=O)NC(C)(C)C.CC(C)(C)N1CC1.CC(C)(C)OS(C)(=O)=O.CC(CO)COc1ccc(C(C)(C)c2ccc(OCC(O)C(F)F)cc2)cc1. The maximum Gasteiger partial charge on any atom is 0.267 e. The van der Waals surface area contributed by atoms with Crippen molar-refractivity contribution in [1.29, 1.82) is 0 Å². The molecule has 0 aromatic heterocycles. The fourth-order valence-corrected chi connectivity index (χ4v) is 5.15. The van der Waals surface area contributed by atoms with Crippen LogP contribution >= 0.6 is 0 Å². The number of hydrogen-bond acceptors (Lipinski definition) is 9. The molecule has 1 heterocycles. The van der Waals surface area contributed by atoms with Crippen LogP contribution < -0.4 is 14.8 Å². The first-order valence-electron chi connectivity index (χ1n) is 17.6. The Morgan fingerprint density at radius 1 is 0.868 bits per heavy atom. The summed E-state index contributed by atoms with van der Waals surface area (Å²) in [6.07, 6.45) is -2.31. The number of nitrogens with one attached hydrogen (secondary N) is 1. The molecule has 2 aromatic rings. The summed E-state index contributed by atoms with van der Waals surface area (Å²) in [5.41, 5.74) is 1.55. The molecule has 0 aliphatic carbocycles. The average Bonchev–Trinajstić information content (AvgIpc) is 3.88. The van der Waals surface area contributed by atoms with E-state index in [0.29, 0.717) is 17.9 Å². The lowest BCUT2D eigenvalue weighted by Crippen LogP contribution is -2.39. The van der Waals surface area contributed by atoms with Gasteiger partial charge < -0.3 is 25.0 Å². The van der Waals surface area contributed by atoms with Crippen molar-refractivity contribution in [2.45, 2.75) is 118 Å². The van der Waals surface area contributed by atoms with Crippen LogP contribution in [0.5, 0.6) is 11.5 Å². The maximum absolute atomic E-state index is 12.3. The van der Waals surface area contributed by atoms with E-state index >= 15 is 0 Å². The molecule has 0 saturated carbocycles. The van der Waals surface area contributed by atoms with Crippen LogP contribution in [0.2, 0.25) is 0 Å². The van der Waals surface area contributed by atoms with E-state index in [1.807, 2.05) is 64.1 Å². The summed E-state index contributed by atoms with van der Waals surface area (Å²) in [5, 5.41) is 20.9. The Kier molecular flexibility index (Phi) is 20.4. The summed E-state index contributed by atoms with van der Waals surface area (Å²) in [4.78, 5) is 13.0. The Hall–Kier alpha value is -3.10. The van der Waals surface area contributed by atoms with Gasteiger partial charge in [-0.25, -0.2) is 8.78 Å². The molecule has 1 saturated heterocycles. The second-order valence-corrected chi connectivity index (χ2v) is 18.1. The summed E-state index contributed by atoms with van der Waals surface area (Å²) in [7, 11) is -3.28. The number of benzene rings is 2. The van der Waals surface area contributed by atoms with Crippen molar-refractivity contribution >= 4 is 16.0 Å². The van der Waals surface area contributed by atoms with Crippen molar-refractivity contribution in [2.24, 2.45) is 5.92 Å². The van der Waals surface area contributed by atoms with Crippen molar-refractivity contribution in [2.75, 3.05) is 39.2 Å². The fourth-order valence-electron chi connectivity index (χ4n) is 4.24. The largest absolute Gasteiger partial charge is 0.493 e. The van der Waals surface area contributed by atoms with Crippen molar-refractivity contribution in [3.8, 4) is 11.5 Å². The van der Waals surface area contributed by atoms with E-state index in [9.17, 15) is 22.0 Å². The van der Waals surface area contributed by atoms with E-state index in [1.54, 1.807) is 32.9 Å². The number of amides is 1. The summed E-state index contributed by atoms with van der Waals surface area (Å²) in [6.45, 7) is 29.7. The molecule has 3 N–H and O–H groups in total. The molecule has 2 aromatic carbocycles. The standard InChI is InChI=1S/C22H28F2O4.C7H13NO.C6H13N.C5H12O3S/c1-15(12-25)13-27-18-8-4-16(5-9-18)22(2,3)17-6-10-19(11-7-17)28-14-20(26)21(23)24;1-5-6(9)8-7(2,3)4;1-6(2,3)7-4-5-7;1-5(2,3)8-9(4,6)7/h4-11,15,20-21,25-26H,12-14H2,1-3H3;5H,1H2,2-4H3,(H,8,9);4-5H2,1-3H3;1-4H3. The lowest BCUT2D eigenvalue weighted by atomic mass is 9.78. The number of aliphatic hydroxyl groups excluding tert-OH is 2. The molecule has 304 valence electrons. The van der Waals surface area contributed by atoms with E-state index in [-0.39, 0.29) is 29.4 Å². The van der Waals surface area contributed by atoms with E-state index < -0.39 is 34.9 Å². The van der Waals surface area contributed by atoms with Crippen LogP contribution in [0.15, 0.2) is 61.2 Å². The summed E-state index contributed by atoms with van der Waals surface area (Å²) in [5.74, 6) is 1.14. The molecule has 0 bridgehead atoms. The Morgan fingerprint density at radius 3 is 1.51 bits per heavy atom. The second kappa shape index (κ2) is 21.7. The summed E-state index contributed by atoms with van der Waals surface area (Å²) in [6, 6.07) is 15.0. The molecule has 13 heteroatoms. The first-order chi connectivity index (χ1) is 24.0. The molecular weight excluding hydrogens is 707 g/mol. The number of ether oxygens (including phenoxy) is 2. The third-order valence-electron chi connectivity index (χ3n) is 7.19. The average molecular weight is 773 g/mol. The Bertz CT molecular complexity index is 1460. The zero-order valence-corrected chi connectivity index (χ0v) is 34.9. The van der Waals surface area contributed by atoms with Gasteiger partial charge in [0.05, 0.1) is 18.5 Å². The van der Waals surface area contributed by atoms with Crippen LogP contribution in [0, 0.1) is 5.92 Å². The lowest BCUT2D eigenvalue weighted by molar-refractivity contribution is -0.117. The maximum atomic E-state index is 12.3. The molecule has 0 radical (unpaired) electrons. The third-order valence-corrected chi connectivity index (χ3v) is 7.99. The van der Waals surface area contributed by atoms with Gasteiger partial charge in [0.1, 0.15) is 24.2 Å². The molecule has 1 aliphatic rings. The molecule has 2 unspecified atom stereocenters. The van der Waals surface area contributed by atoms with Gasteiger partial charge in [-0.1, -0.05) is 51.6 Å². The van der Waals surface area contributed by atoms with Gasteiger partial charge in [-0.3, -0.25) is 13.9 Å². The summed E-state index contributed by atoms with van der Waals surface area (Å²) < 4.78 is 61.0. The van der Waals surface area contributed by atoms with Crippen molar-refractivity contribution < 1.29 is 45.9 Å². The molecule has 10 nitrogen and oxygen atoms in total. The lowest BCUT2D eigenvalue weighted by Gasteiger charge is -2.26. The molecule has 1 amide bonds. The van der Waals surface area contributed by atoms with Crippen LogP contribution in [0.25, 0.3) is 0 Å². The minimum absolute atomic E-state index is 0.0821. The van der Waals surface area contributed by atoms with E-state index in [2.05, 4.69) is 55.6 Å². The van der Waals surface area contributed by atoms with Gasteiger partial charge in [-0.05, 0) is 104 Å². The predicted octanol–water partition coefficient (Wildman–Crippen LogP) is 6.97. The smallest absolute Gasteiger partial charge is 0.267 e. The number of aliphatic hydroxyl groups is 2.